The first-order valence-corrected chi connectivity index (χ1v) is 9.25. The van der Waals surface area contributed by atoms with E-state index in [-0.39, 0.29) is 5.91 Å². The van der Waals surface area contributed by atoms with Gasteiger partial charge in [-0.1, -0.05) is 29.5 Å². The van der Waals surface area contributed by atoms with Gasteiger partial charge in [0.15, 0.2) is 0 Å². The van der Waals surface area contributed by atoms with Crippen molar-refractivity contribution in [3.63, 3.8) is 0 Å². The number of nitrogens with one attached hydrogen (secondary N) is 1. The summed E-state index contributed by atoms with van der Waals surface area (Å²) in [6.07, 6.45) is 2.41. The van der Waals surface area contributed by atoms with Crippen molar-refractivity contribution in [2.45, 2.75) is 18.8 Å². The molecule has 1 saturated heterocycles. The molecule has 1 aromatic carbocycles. The molecule has 7 heteroatoms. The van der Waals surface area contributed by atoms with Gasteiger partial charge in [0.25, 0.3) is 0 Å². The quantitative estimate of drug-likeness (QED) is 0.902. The second-order valence-electron chi connectivity index (χ2n) is 6.37. The molecule has 0 unspecified atom stereocenters. The van der Waals surface area contributed by atoms with E-state index >= 15 is 0 Å². The molecule has 4 rings (SSSR count). The molecule has 0 bridgehead atoms. The number of rotatable bonds is 5. The first-order valence-electron chi connectivity index (χ1n) is 8.43. The molecule has 0 radical (unpaired) electrons. The van der Waals surface area contributed by atoms with Gasteiger partial charge in [0.2, 0.25) is 11.0 Å². The van der Waals surface area contributed by atoms with Crippen LogP contribution in [0.3, 0.4) is 0 Å². The normalized spacial score (nSPS) is 18.6. The van der Waals surface area contributed by atoms with Crippen molar-refractivity contribution in [3.8, 4) is 0 Å². The van der Waals surface area contributed by atoms with E-state index in [2.05, 4.69) is 49.6 Å². The van der Waals surface area contributed by atoms with Crippen LogP contribution in [-0.4, -0.2) is 53.7 Å². The predicted molar refractivity (Wildman–Crippen MR) is 95.6 cm³/mol. The highest BCUT2D eigenvalue weighted by Gasteiger charge is 2.28. The molecule has 126 valence electrons. The number of nitrogens with zero attached hydrogens (tertiary/aromatic N) is 4. The summed E-state index contributed by atoms with van der Waals surface area (Å²) < 4.78 is 0. The number of para-hydroxylation sites is 1. The van der Waals surface area contributed by atoms with Crippen molar-refractivity contribution < 1.29 is 4.79 Å². The third kappa shape index (κ3) is 3.73. The molecule has 6 nitrogen and oxygen atoms in total. The number of carbonyl (C=O) groups is 1. The number of anilines is 2. The number of carbonyl (C=O) groups excluding carboxylic acids is 1. The van der Waals surface area contributed by atoms with Crippen LogP contribution in [0.25, 0.3) is 0 Å². The number of hydrogen-bond acceptors (Lipinski definition) is 6. The molecular formula is C17H21N5OS. The summed E-state index contributed by atoms with van der Waals surface area (Å²) in [5.41, 5.74) is 1.25. The highest BCUT2D eigenvalue weighted by atomic mass is 32.1. The first-order chi connectivity index (χ1) is 11.8. The Morgan fingerprint density at radius 1 is 1.12 bits per heavy atom. The predicted octanol–water partition coefficient (Wildman–Crippen LogP) is 2.18. The van der Waals surface area contributed by atoms with Crippen LogP contribution >= 0.6 is 11.3 Å². The maximum Gasteiger partial charge on any atom is 0.240 e. The highest BCUT2D eigenvalue weighted by molar-refractivity contribution is 7.15. The molecule has 0 spiro atoms. The monoisotopic (exact) mass is 343 g/mol. The van der Waals surface area contributed by atoms with Gasteiger partial charge in [-0.2, -0.15) is 0 Å². The second kappa shape index (κ2) is 6.86. The molecule has 0 atom stereocenters. The first kappa shape index (κ1) is 15.5. The van der Waals surface area contributed by atoms with Gasteiger partial charge in [0.05, 0.1) is 6.54 Å². The molecule has 2 fully saturated rings. The minimum atomic E-state index is 0.00154. The van der Waals surface area contributed by atoms with E-state index in [0.717, 1.165) is 31.2 Å². The number of benzene rings is 1. The van der Waals surface area contributed by atoms with Crippen molar-refractivity contribution in [1.82, 2.24) is 15.1 Å². The van der Waals surface area contributed by atoms with Crippen LogP contribution in [0, 0.1) is 0 Å². The zero-order chi connectivity index (χ0) is 16.4. The van der Waals surface area contributed by atoms with E-state index in [1.807, 2.05) is 6.07 Å². The number of piperazine rings is 1. The smallest absolute Gasteiger partial charge is 0.240 e. The SMILES string of the molecule is O=C(CN1CCN(c2ccccc2)CC1)Nc1nnc(C2CC2)s1. The Bertz CT molecular complexity index is 692. The highest BCUT2D eigenvalue weighted by Crippen LogP contribution is 2.42. The fourth-order valence-corrected chi connectivity index (χ4v) is 3.87. The van der Waals surface area contributed by atoms with Crippen molar-refractivity contribution in [1.29, 1.82) is 0 Å². The van der Waals surface area contributed by atoms with Crippen molar-refractivity contribution in [2.75, 3.05) is 42.9 Å². The zero-order valence-corrected chi connectivity index (χ0v) is 14.3. The average molecular weight is 343 g/mol. The maximum atomic E-state index is 12.2. The van der Waals surface area contributed by atoms with Crippen LogP contribution in [0.4, 0.5) is 10.8 Å². The van der Waals surface area contributed by atoms with Crippen molar-refractivity contribution in [2.24, 2.45) is 0 Å². The van der Waals surface area contributed by atoms with Crippen molar-refractivity contribution in [3.05, 3.63) is 35.3 Å². The minimum absolute atomic E-state index is 0.00154. The molecule has 2 aliphatic rings. The fraction of sp³-hybridized carbons (Fsp3) is 0.471. The molecule has 2 aromatic rings. The zero-order valence-electron chi connectivity index (χ0n) is 13.5. The van der Waals surface area contributed by atoms with Crippen molar-refractivity contribution >= 4 is 28.1 Å². The molecule has 1 N–H and O–H groups in total. The van der Waals surface area contributed by atoms with Gasteiger partial charge in [-0.3, -0.25) is 15.0 Å². The van der Waals surface area contributed by atoms with Crippen LogP contribution in [0.2, 0.25) is 0 Å². The summed E-state index contributed by atoms with van der Waals surface area (Å²) in [4.78, 5) is 16.8. The molecule has 1 amide bonds. The topological polar surface area (TPSA) is 61.4 Å². The van der Waals surface area contributed by atoms with Crippen LogP contribution in [0.1, 0.15) is 23.8 Å². The lowest BCUT2D eigenvalue weighted by Gasteiger charge is -2.35. The van der Waals surface area contributed by atoms with E-state index in [0.29, 0.717) is 17.6 Å². The average Bonchev–Trinajstić information content (AvgIpc) is 3.36. The lowest BCUT2D eigenvalue weighted by Crippen LogP contribution is -2.48. The number of aromatic nitrogens is 2. The van der Waals surface area contributed by atoms with Crippen LogP contribution in [0.5, 0.6) is 0 Å². The van der Waals surface area contributed by atoms with Gasteiger partial charge in [-0.05, 0) is 25.0 Å². The Morgan fingerprint density at radius 3 is 2.58 bits per heavy atom. The molecule has 1 aromatic heterocycles. The third-order valence-electron chi connectivity index (χ3n) is 4.47. The summed E-state index contributed by atoms with van der Waals surface area (Å²) in [5.74, 6) is 0.584. The van der Waals surface area contributed by atoms with Crippen LogP contribution < -0.4 is 10.2 Å². The van der Waals surface area contributed by atoms with Crippen LogP contribution in [0.15, 0.2) is 30.3 Å². The Morgan fingerprint density at radius 2 is 1.88 bits per heavy atom. The molecular weight excluding hydrogens is 322 g/mol. The minimum Gasteiger partial charge on any atom is -0.369 e. The summed E-state index contributed by atoms with van der Waals surface area (Å²) in [5, 5.41) is 12.8. The summed E-state index contributed by atoms with van der Waals surface area (Å²) in [6.45, 7) is 4.10. The van der Waals surface area contributed by atoms with E-state index in [4.69, 9.17) is 0 Å². The molecule has 1 aliphatic carbocycles. The third-order valence-corrected chi connectivity index (χ3v) is 5.48. The number of amides is 1. The molecule has 1 saturated carbocycles. The fourth-order valence-electron chi connectivity index (χ4n) is 2.95. The van der Waals surface area contributed by atoms with Gasteiger partial charge in [0.1, 0.15) is 5.01 Å². The second-order valence-corrected chi connectivity index (χ2v) is 7.38. The largest absolute Gasteiger partial charge is 0.369 e. The lowest BCUT2D eigenvalue weighted by molar-refractivity contribution is -0.117. The van der Waals surface area contributed by atoms with Gasteiger partial charge in [0, 0.05) is 37.8 Å². The van der Waals surface area contributed by atoms with Gasteiger partial charge in [-0.15, -0.1) is 10.2 Å². The summed E-state index contributed by atoms with van der Waals surface area (Å²) >= 11 is 1.51. The Labute approximate surface area is 145 Å². The Hall–Kier alpha value is -1.99. The molecule has 24 heavy (non-hydrogen) atoms. The Kier molecular flexibility index (Phi) is 4.44. The Balaban J connectivity index is 1.25. The van der Waals surface area contributed by atoms with E-state index in [1.165, 1.54) is 29.9 Å². The van der Waals surface area contributed by atoms with Gasteiger partial charge < -0.3 is 4.90 Å². The number of hydrogen-bond donors (Lipinski definition) is 1. The molecule has 2 heterocycles. The maximum absolute atomic E-state index is 12.2. The van der Waals surface area contributed by atoms with Crippen LogP contribution in [-0.2, 0) is 4.79 Å². The standard InChI is InChI=1S/C17H21N5OS/c23-15(18-17-20-19-16(24-17)13-6-7-13)12-21-8-10-22(11-9-21)14-4-2-1-3-5-14/h1-5,13H,6-12H2,(H,18,20,23). The van der Waals surface area contributed by atoms with Gasteiger partial charge >= 0.3 is 0 Å². The lowest BCUT2D eigenvalue weighted by atomic mass is 10.2. The van der Waals surface area contributed by atoms with E-state index < -0.39 is 0 Å². The van der Waals surface area contributed by atoms with E-state index in [1.54, 1.807) is 0 Å². The van der Waals surface area contributed by atoms with Gasteiger partial charge in [-0.25, -0.2) is 0 Å². The van der Waals surface area contributed by atoms with E-state index in [9.17, 15) is 4.79 Å². The molecule has 1 aliphatic heterocycles. The summed E-state index contributed by atoms with van der Waals surface area (Å²) in [7, 11) is 0. The summed E-state index contributed by atoms with van der Waals surface area (Å²) in [6, 6.07) is 10.4.